The van der Waals surface area contributed by atoms with E-state index in [4.69, 9.17) is 4.74 Å². The van der Waals surface area contributed by atoms with E-state index in [1.54, 1.807) is 7.11 Å². The van der Waals surface area contributed by atoms with Crippen LogP contribution in [0.1, 0.15) is 5.56 Å². The number of hydrogen-bond donors (Lipinski definition) is 1. The van der Waals surface area contributed by atoms with Gasteiger partial charge in [-0.3, -0.25) is 4.79 Å². The van der Waals surface area contributed by atoms with E-state index < -0.39 is 0 Å². The van der Waals surface area contributed by atoms with Crippen LogP contribution in [-0.2, 0) is 11.3 Å². The van der Waals surface area contributed by atoms with Gasteiger partial charge in [-0.1, -0.05) is 18.7 Å². The van der Waals surface area contributed by atoms with Crippen LogP contribution in [0, 0.1) is 0 Å². The minimum absolute atomic E-state index is 0.166. The van der Waals surface area contributed by atoms with Crippen molar-refractivity contribution < 1.29 is 9.53 Å². The lowest BCUT2D eigenvalue weighted by Gasteiger charge is -2.03. The number of carbonyl (C=O) groups is 1. The highest BCUT2D eigenvalue weighted by molar-refractivity contribution is 5.86. The molecule has 3 heteroatoms. The summed E-state index contributed by atoms with van der Waals surface area (Å²) in [7, 11) is 1.62. The quantitative estimate of drug-likeness (QED) is 0.732. The fourth-order valence-corrected chi connectivity index (χ4v) is 1.00. The smallest absolute Gasteiger partial charge is 0.243 e. The standard InChI is InChI=1S/C11H13NO2/c1-3-11(13)12-8-9-4-6-10(14-2)7-5-9/h3-7H,1,8H2,2H3,(H,12,13). The largest absolute Gasteiger partial charge is 0.497 e. The van der Waals surface area contributed by atoms with Crippen LogP contribution in [0.4, 0.5) is 0 Å². The van der Waals surface area contributed by atoms with Crippen molar-refractivity contribution in [3.63, 3.8) is 0 Å². The third-order valence-electron chi connectivity index (χ3n) is 1.81. The molecular formula is C11H13NO2. The summed E-state index contributed by atoms with van der Waals surface area (Å²) >= 11 is 0. The second-order valence-corrected chi connectivity index (χ2v) is 2.77. The molecule has 0 aliphatic carbocycles. The summed E-state index contributed by atoms with van der Waals surface area (Å²) in [5, 5.41) is 2.69. The first-order valence-electron chi connectivity index (χ1n) is 4.29. The molecule has 1 rings (SSSR count). The van der Waals surface area contributed by atoms with Crippen molar-refractivity contribution in [3.05, 3.63) is 42.5 Å². The number of ether oxygens (including phenoxy) is 1. The molecule has 3 nitrogen and oxygen atoms in total. The van der Waals surface area contributed by atoms with Crippen LogP contribution in [0.5, 0.6) is 5.75 Å². The maximum atomic E-state index is 10.9. The summed E-state index contributed by atoms with van der Waals surface area (Å²) in [4.78, 5) is 10.9. The third kappa shape index (κ3) is 2.94. The van der Waals surface area contributed by atoms with Crippen LogP contribution >= 0.6 is 0 Å². The zero-order chi connectivity index (χ0) is 10.4. The first-order valence-corrected chi connectivity index (χ1v) is 4.29. The van der Waals surface area contributed by atoms with Crippen molar-refractivity contribution in [1.82, 2.24) is 5.32 Å². The van der Waals surface area contributed by atoms with Gasteiger partial charge in [-0.05, 0) is 23.8 Å². The first kappa shape index (κ1) is 10.3. The summed E-state index contributed by atoms with van der Waals surface area (Å²) in [5.41, 5.74) is 1.03. The number of hydrogen-bond acceptors (Lipinski definition) is 2. The van der Waals surface area contributed by atoms with E-state index in [0.717, 1.165) is 11.3 Å². The van der Waals surface area contributed by atoms with Crippen LogP contribution < -0.4 is 10.1 Å². The van der Waals surface area contributed by atoms with Crippen LogP contribution in [-0.4, -0.2) is 13.0 Å². The van der Waals surface area contributed by atoms with Crippen molar-refractivity contribution in [1.29, 1.82) is 0 Å². The second kappa shape index (κ2) is 5.07. The molecule has 0 aliphatic rings. The van der Waals surface area contributed by atoms with Gasteiger partial charge in [0.1, 0.15) is 5.75 Å². The lowest BCUT2D eigenvalue weighted by atomic mass is 10.2. The molecular weight excluding hydrogens is 178 g/mol. The Labute approximate surface area is 83.4 Å². The number of methoxy groups -OCH3 is 1. The van der Waals surface area contributed by atoms with Crippen LogP contribution in [0.15, 0.2) is 36.9 Å². The summed E-state index contributed by atoms with van der Waals surface area (Å²) in [6, 6.07) is 7.52. The average Bonchev–Trinajstić information content (AvgIpc) is 2.26. The van der Waals surface area contributed by atoms with Crippen LogP contribution in [0.2, 0.25) is 0 Å². The topological polar surface area (TPSA) is 38.3 Å². The minimum Gasteiger partial charge on any atom is -0.497 e. The normalized spacial score (nSPS) is 9.21. The molecule has 1 aromatic carbocycles. The van der Waals surface area contributed by atoms with Crippen molar-refractivity contribution in [2.45, 2.75) is 6.54 Å². The Morgan fingerprint density at radius 2 is 2.14 bits per heavy atom. The van der Waals surface area contributed by atoms with E-state index in [2.05, 4.69) is 11.9 Å². The Morgan fingerprint density at radius 3 is 2.64 bits per heavy atom. The van der Waals surface area contributed by atoms with Crippen molar-refractivity contribution in [2.24, 2.45) is 0 Å². The summed E-state index contributed by atoms with van der Waals surface area (Å²) < 4.78 is 5.01. The van der Waals surface area contributed by atoms with Gasteiger partial charge in [0.2, 0.25) is 5.91 Å². The molecule has 0 spiro atoms. The van der Waals surface area contributed by atoms with Gasteiger partial charge in [0, 0.05) is 6.54 Å². The molecule has 0 saturated heterocycles. The number of carbonyl (C=O) groups excluding carboxylic acids is 1. The maximum Gasteiger partial charge on any atom is 0.243 e. The van der Waals surface area contributed by atoms with Gasteiger partial charge in [0.25, 0.3) is 0 Å². The van der Waals surface area contributed by atoms with Gasteiger partial charge in [0.05, 0.1) is 7.11 Å². The van der Waals surface area contributed by atoms with Gasteiger partial charge >= 0.3 is 0 Å². The number of rotatable bonds is 4. The summed E-state index contributed by atoms with van der Waals surface area (Å²) in [6.07, 6.45) is 1.25. The highest BCUT2D eigenvalue weighted by Gasteiger charge is 1.96. The summed E-state index contributed by atoms with van der Waals surface area (Å²) in [6.45, 7) is 3.88. The molecule has 0 bridgehead atoms. The lowest BCUT2D eigenvalue weighted by Crippen LogP contribution is -2.19. The van der Waals surface area contributed by atoms with Gasteiger partial charge < -0.3 is 10.1 Å². The molecule has 0 aromatic heterocycles. The maximum absolute atomic E-state index is 10.9. The molecule has 14 heavy (non-hydrogen) atoms. The Hall–Kier alpha value is -1.77. The van der Waals surface area contributed by atoms with E-state index in [9.17, 15) is 4.79 Å². The third-order valence-corrected chi connectivity index (χ3v) is 1.81. The van der Waals surface area contributed by atoms with E-state index in [0.29, 0.717) is 6.54 Å². The van der Waals surface area contributed by atoms with Gasteiger partial charge in [-0.2, -0.15) is 0 Å². The molecule has 0 saturated carbocycles. The van der Waals surface area contributed by atoms with Gasteiger partial charge in [-0.15, -0.1) is 0 Å². The highest BCUT2D eigenvalue weighted by atomic mass is 16.5. The van der Waals surface area contributed by atoms with Crippen molar-refractivity contribution in [3.8, 4) is 5.75 Å². The average molecular weight is 191 g/mol. The molecule has 74 valence electrons. The lowest BCUT2D eigenvalue weighted by molar-refractivity contribution is -0.116. The van der Waals surface area contributed by atoms with E-state index >= 15 is 0 Å². The molecule has 0 fully saturated rings. The van der Waals surface area contributed by atoms with Gasteiger partial charge in [-0.25, -0.2) is 0 Å². The Bertz CT molecular complexity index is 317. The molecule has 0 aliphatic heterocycles. The molecule has 0 heterocycles. The number of amides is 1. The molecule has 0 atom stereocenters. The molecule has 0 radical (unpaired) electrons. The predicted octanol–water partition coefficient (Wildman–Crippen LogP) is 1.50. The van der Waals surface area contributed by atoms with Crippen LogP contribution in [0.25, 0.3) is 0 Å². The molecule has 1 amide bonds. The highest BCUT2D eigenvalue weighted by Crippen LogP contribution is 2.10. The zero-order valence-electron chi connectivity index (χ0n) is 8.12. The predicted molar refractivity (Wildman–Crippen MR) is 55.0 cm³/mol. The second-order valence-electron chi connectivity index (χ2n) is 2.77. The number of nitrogens with one attached hydrogen (secondary N) is 1. The van der Waals surface area contributed by atoms with Crippen LogP contribution in [0.3, 0.4) is 0 Å². The van der Waals surface area contributed by atoms with E-state index in [1.165, 1.54) is 6.08 Å². The van der Waals surface area contributed by atoms with E-state index in [-0.39, 0.29) is 5.91 Å². The van der Waals surface area contributed by atoms with Crippen molar-refractivity contribution in [2.75, 3.05) is 7.11 Å². The molecule has 1 N–H and O–H groups in total. The Balaban J connectivity index is 2.51. The first-order chi connectivity index (χ1) is 6.76. The monoisotopic (exact) mass is 191 g/mol. The SMILES string of the molecule is C=CC(=O)NCc1ccc(OC)cc1. The van der Waals surface area contributed by atoms with Gasteiger partial charge in [0.15, 0.2) is 0 Å². The summed E-state index contributed by atoms with van der Waals surface area (Å²) in [5.74, 6) is 0.643. The minimum atomic E-state index is -0.166. The van der Waals surface area contributed by atoms with E-state index in [1.807, 2.05) is 24.3 Å². The Morgan fingerprint density at radius 1 is 1.50 bits per heavy atom. The molecule has 1 aromatic rings. The van der Waals surface area contributed by atoms with Crippen molar-refractivity contribution >= 4 is 5.91 Å². The number of benzene rings is 1. The molecule has 0 unspecified atom stereocenters. The fourth-order valence-electron chi connectivity index (χ4n) is 1.00. The Kier molecular flexibility index (Phi) is 3.73. The zero-order valence-corrected chi connectivity index (χ0v) is 8.12. The fraction of sp³-hybridized carbons (Fsp3) is 0.182.